The third-order valence-electron chi connectivity index (χ3n) is 1.49. The maximum atomic E-state index is 5.18. The molecule has 0 aliphatic rings. The first-order valence-corrected chi connectivity index (χ1v) is 3.55. The number of aromatic nitrogens is 1. The molecule has 1 aromatic rings. The number of hydrogen-bond acceptors (Lipinski definition) is 3. The Balaban J connectivity index is 2.92. The molecule has 0 spiro atoms. The van der Waals surface area contributed by atoms with Crippen LogP contribution >= 0.6 is 0 Å². The van der Waals surface area contributed by atoms with Crippen molar-refractivity contribution in [1.82, 2.24) is 4.98 Å². The van der Waals surface area contributed by atoms with Crippen LogP contribution in [0.25, 0.3) is 0 Å². The number of hydrazone groups is 1. The summed E-state index contributed by atoms with van der Waals surface area (Å²) in [6.45, 7) is 2.01. The van der Waals surface area contributed by atoms with Crippen LogP contribution in [-0.2, 0) is 0 Å². The SMILES string of the molecule is CCC(=NN)c1cccnc1. The predicted octanol–water partition coefficient (Wildman–Crippen LogP) is 1.15. The van der Waals surface area contributed by atoms with Gasteiger partial charge in [0.05, 0.1) is 5.71 Å². The number of nitrogens with two attached hydrogens (primary N) is 1. The summed E-state index contributed by atoms with van der Waals surface area (Å²) in [7, 11) is 0. The molecule has 0 atom stereocenters. The van der Waals surface area contributed by atoms with Crippen LogP contribution < -0.4 is 5.84 Å². The minimum absolute atomic E-state index is 0.836. The molecular formula is C8H11N3. The van der Waals surface area contributed by atoms with Crippen molar-refractivity contribution < 1.29 is 0 Å². The third-order valence-corrected chi connectivity index (χ3v) is 1.49. The van der Waals surface area contributed by atoms with Crippen LogP contribution in [0.15, 0.2) is 29.6 Å². The molecule has 3 nitrogen and oxygen atoms in total. The molecule has 11 heavy (non-hydrogen) atoms. The molecule has 0 saturated carbocycles. The van der Waals surface area contributed by atoms with Gasteiger partial charge in [-0.25, -0.2) is 0 Å². The zero-order chi connectivity index (χ0) is 8.10. The van der Waals surface area contributed by atoms with Crippen molar-refractivity contribution in [1.29, 1.82) is 0 Å². The number of nitrogens with zero attached hydrogens (tertiary/aromatic N) is 2. The molecule has 1 rings (SSSR count). The highest BCUT2D eigenvalue weighted by Crippen LogP contribution is 2.00. The van der Waals surface area contributed by atoms with Crippen molar-refractivity contribution in [2.75, 3.05) is 0 Å². The molecular weight excluding hydrogens is 138 g/mol. The van der Waals surface area contributed by atoms with Gasteiger partial charge in [0.1, 0.15) is 0 Å². The fourth-order valence-electron chi connectivity index (χ4n) is 0.903. The summed E-state index contributed by atoms with van der Waals surface area (Å²) < 4.78 is 0. The minimum atomic E-state index is 0.836. The Morgan fingerprint density at radius 1 is 1.73 bits per heavy atom. The van der Waals surface area contributed by atoms with Gasteiger partial charge in [0.2, 0.25) is 0 Å². The first kappa shape index (κ1) is 7.72. The molecule has 0 aromatic carbocycles. The summed E-state index contributed by atoms with van der Waals surface area (Å²) in [4.78, 5) is 3.97. The monoisotopic (exact) mass is 149 g/mol. The molecule has 0 bridgehead atoms. The quantitative estimate of drug-likeness (QED) is 0.389. The fraction of sp³-hybridized carbons (Fsp3) is 0.250. The summed E-state index contributed by atoms with van der Waals surface area (Å²) in [6.07, 6.45) is 4.32. The summed E-state index contributed by atoms with van der Waals surface area (Å²) in [5.41, 5.74) is 1.88. The number of pyridine rings is 1. The van der Waals surface area contributed by atoms with Gasteiger partial charge in [0, 0.05) is 18.0 Å². The Bertz CT molecular complexity index is 241. The molecule has 2 N–H and O–H groups in total. The highest BCUT2D eigenvalue weighted by molar-refractivity contribution is 5.99. The molecule has 58 valence electrons. The van der Waals surface area contributed by atoms with Crippen LogP contribution in [0.4, 0.5) is 0 Å². The van der Waals surface area contributed by atoms with Crippen LogP contribution in [0.3, 0.4) is 0 Å². The summed E-state index contributed by atoms with van der Waals surface area (Å²) in [5.74, 6) is 5.18. The first-order valence-electron chi connectivity index (χ1n) is 3.55. The van der Waals surface area contributed by atoms with Crippen LogP contribution in [0.5, 0.6) is 0 Å². The van der Waals surface area contributed by atoms with E-state index in [1.54, 1.807) is 12.4 Å². The molecule has 0 radical (unpaired) electrons. The molecule has 0 aliphatic heterocycles. The second kappa shape index (κ2) is 3.71. The molecule has 1 aromatic heterocycles. The standard InChI is InChI=1S/C8H11N3/c1-2-8(11-9)7-4-3-5-10-6-7/h3-6H,2,9H2,1H3. The first-order chi connectivity index (χ1) is 5.38. The average molecular weight is 149 g/mol. The van der Waals surface area contributed by atoms with Gasteiger partial charge in [-0.15, -0.1) is 0 Å². The van der Waals surface area contributed by atoms with E-state index in [9.17, 15) is 0 Å². The van der Waals surface area contributed by atoms with Crippen LogP contribution in [-0.4, -0.2) is 10.7 Å². The normalized spacial score (nSPS) is 11.5. The predicted molar refractivity (Wildman–Crippen MR) is 45.3 cm³/mol. The molecule has 3 heteroatoms. The highest BCUT2D eigenvalue weighted by atomic mass is 15.1. The van der Waals surface area contributed by atoms with Gasteiger partial charge in [-0.05, 0) is 12.5 Å². The maximum absolute atomic E-state index is 5.18. The molecule has 1 heterocycles. The van der Waals surface area contributed by atoms with Crippen molar-refractivity contribution in [3.8, 4) is 0 Å². The number of rotatable bonds is 2. The van der Waals surface area contributed by atoms with Crippen LogP contribution in [0.2, 0.25) is 0 Å². The number of hydrogen-bond donors (Lipinski definition) is 1. The van der Waals surface area contributed by atoms with E-state index in [-0.39, 0.29) is 0 Å². The van der Waals surface area contributed by atoms with Crippen LogP contribution in [0.1, 0.15) is 18.9 Å². The van der Waals surface area contributed by atoms with Crippen LogP contribution in [0, 0.1) is 0 Å². The third kappa shape index (κ3) is 1.77. The zero-order valence-electron chi connectivity index (χ0n) is 6.49. The Morgan fingerprint density at radius 3 is 3.00 bits per heavy atom. The lowest BCUT2D eigenvalue weighted by Gasteiger charge is -1.98. The van der Waals surface area contributed by atoms with Gasteiger partial charge in [-0.3, -0.25) is 4.98 Å². The average Bonchev–Trinajstić information content (AvgIpc) is 2.09. The van der Waals surface area contributed by atoms with Crippen molar-refractivity contribution in [3.63, 3.8) is 0 Å². The maximum Gasteiger partial charge on any atom is 0.0685 e. The van der Waals surface area contributed by atoms with E-state index in [4.69, 9.17) is 5.84 Å². The van der Waals surface area contributed by atoms with E-state index in [0.717, 1.165) is 17.7 Å². The van der Waals surface area contributed by atoms with Gasteiger partial charge in [-0.1, -0.05) is 13.0 Å². The Kier molecular flexibility index (Phi) is 2.60. The Morgan fingerprint density at radius 2 is 2.55 bits per heavy atom. The summed E-state index contributed by atoms with van der Waals surface area (Å²) >= 11 is 0. The van der Waals surface area contributed by atoms with Gasteiger partial charge in [-0.2, -0.15) is 5.10 Å². The van der Waals surface area contributed by atoms with E-state index >= 15 is 0 Å². The van der Waals surface area contributed by atoms with Gasteiger partial charge < -0.3 is 5.84 Å². The van der Waals surface area contributed by atoms with E-state index in [2.05, 4.69) is 10.1 Å². The molecule has 0 unspecified atom stereocenters. The van der Waals surface area contributed by atoms with Crippen molar-refractivity contribution in [2.45, 2.75) is 13.3 Å². The highest BCUT2D eigenvalue weighted by Gasteiger charge is 1.97. The van der Waals surface area contributed by atoms with E-state index in [0.29, 0.717) is 0 Å². The summed E-state index contributed by atoms with van der Waals surface area (Å²) in [5, 5.41) is 3.65. The van der Waals surface area contributed by atoms with Gasteiger partial charge in [0.15, 0.2) is 0 Å². The minimum Gasteiger partial charge on any atom is -0.323 e. The Hall–Kier alpha value is -1.38. The second-order valence-corrected chi connectivity index (χ2v) is 2.17. The largest absolute Gasteiger partial charge is 0.323 e. The molecule has 0 aliphatic carbocycles. The van der Waals surface area contributed by atoms with Gasteiger partial charge >= 0.3 is 0 Å². The lowest BCUT2D eigenvalue weighted by Crippen LogP contribution is -2.02. The zero-order valence-corrected chi connectivity index (χ0v) is 6.49. The molecule has 0 fully saturated rings. The van der Waals surface area contributed by atoms with E-state index < -0.39 is 0 Å². The summed E-state index contributed by atoms with van der Waals surface area (Å²) in [6, 6.07) is 3.82. The van der Waals surface area contributed by atoms with E-state index in [1.165, 1.54) is 0 Å². The molecule has 0 amide bonds. The lowest BCUT2D eigenvalue weighted by molar-refractivity contribution is 1.16. The van der Waals surface area contributed by atoms with Gasteiger partial charge in [0.25, 0.3) is 0 Å². The van der Waals surface area contributed by atoms with Crippen molar-refractivity contribution in [2.24, 2.45) is 10.9 Å². The van der Waals surface area contributed by atoms with Crippen molar-refractivity contribution >= 4 is 5.71 Å². The van der Waals surface area contributed by atoms with Crippen molar-refractivity contribution in [3.05, 3.63) is 30.1 Å². The molecule has 0 saturated heterocycles. The smallest absolute Gasteiger partial charge is 0.0685 e. The lowest BCUT2D eigenvalue weighted by atomic mass is 10.1. The van der Waals surface area contributed by atoms with E-state index in [1.807, 2.05) is 19.1 Å². The Labute approximate surface area is 66.0 Å². The fourth-order valence-corrected chi connectivity index (χ4v) is 0.903. The topological polar surface area (TPSA) is 51.3 Å². The second-order valence-electron chi connectivity index (χ2n) is 2.17.